The Morgan fingerprint density at radius 2 is 1.76 bits per heavy atom. The number of aliphatic hydroxyl groups excluding tert-OH is 1. The standard InChI is InChI=1S/C20H28N2O3/c23-18-8-10-21(11-9-18)17-6-4-16(5-7-17)20(24)22-12-13-25-19(14-22)15-2-1-3-15/h4-7,15,18-19,23H,1-3,8-14H2. The van der Waals surface area contributed by atoms with Gasteiger partial charge in [-0.1, -0.05) is 6.42 Å². The maximum Gasteiger partial charge on any atom is 0.254 e. The highest BCUT2D eigenvalue weighted by atomic mass is 16.5. The lowest BCUT2D eigenvalue weighted by molar-refractivity contribution is -0.0659. The maximum atomic E-state index is 12.8. The third kappa shape index (κ3) is 3.67. The molecule has 2 saturated heterocycles. The number of carbonyl (C=O) groups excluding carboxylic acids is 1. The number of carbonyl (C=O) groups is 1. The lowest BCUT2D eigenvalue weighted by Crippen LogP contribution is -2.49. The molecule has 3 aliphatic rings. The lowest BCUT2D eigenvalue weighted by atomic mass is 9.80. The number of morpholine rings is 1. The zero-order valence-corrected chi connectivity index (χ0v) is 14.8. The molecule has 5 heteroatoms. The predicted molar refractivity (Wildman–Crippen MR) is 96.9 cm³/mol. The van der Waals surface area contributed by atoms with Crippen molar-refractivity contribution < 1.29 is 14.6 Å². The molecular formula is C20H28N2O3. The van der Waals surface area contributed by atoms with Crippen molar-refractivity contribution in [1.82, 2.24) is 4.90 Å². The topological polar surface area (TPSA) is 53.0 Å². The number of aliphatic hydroxyl groups is 1. The van der Waals surface area contributed by atoms with Gasteiger partial charge in [-0.3, -0.25) is 4.79 Å². The number of benzene rings is 1. The van der Waals surface area contributed by atoms with Gasteiger partial charge in [-0.25, -0.2) is 0 Å². The molecule has 1 saturated carbocycles. The van der Waals surface area contributed by atoms with Crippen LogP contribution in [-0.4, -0.2) is 60.9 Å². The van der Waals surface area contributed by atoms with E-state index in [1.807, 2.05) is 29.2 Å². The summed E-state index contributed by atoms with van der Waals surface area (Å²) in [5, 5.41) is 9.63. The Morgan fingerprint density at radius 3 is 2.40 bits per heavy atom. The Balaban J connectivity index is 1.38. The molecule has 4 rings (SSSR count). The van der Waals surface area contributed by atoms with Crippen molar-refractivity contribution in [2.75, 3.05) is 37.7 Å². The fraction of sp³-hybridized carbons (Fsp3) is 0.650. The normalized spacial score (nSPS) is 25.7. The van der Waals surface area contributed by atoms with E-state index in [-0.39, 0.29) is 18.1 Å². The van der Waals surface area contributed by atoms with Crippen LogP contribution in [0.4, 0.5) is 5.69 Å². The van der Waals surface area contributed by atoms with E-state index in [4.69, 9.17) is 4.74 Å². The monoisotopic (exact) mass is 344 g/mol. The summed E-state index contributed by atoms with van der Waals surface area (Å²) < 4.78 is 5.88. The number of ether oxygens (including phenoxy) is 1. The molecule has 0 bridgehead atoms. The third-order valence-corrected chi connectivity index (χ3v) is 6.00. The number of rotatable bonds is 3. The van der Waals surface area contributed by atoms with Crippen molar-refractivity contribution in [3.05, 3.63) is 29.8 Å². The van der Waals surface area contributed by atoms with E-state index < -0.39 is 0 Å². The lowest BCUT2D eigenvalue weighted by Gasteiger charge is -2.40. The van der Waals surface area contributed by atoms with Crippen LogP contribution in [0.1, 0.15) is 42.5 Å². The number of nitrogens with zero attached hydrogens (tertiary/aromatic N) is 2. The Morgan fingerprint density at radius 1 is 1.04 bits per heavy atom. The van der Waals surface area contributed by atoms with Crippen LogP contribution in [0.25, 0.3) is 0 Å². The van der Waals surface area contributed by atoms with E-state index in [0.29, 0.717) is 19.1 Å². The quantitative estimate of drug-likeness (QED) is 0.914. The van der Waals surface area contributed by atoms with E-state index >= 15 is 0 Å². The Labute approximate surface area is 149 Å². The van der Waals surface area contributed by atoms with E-state index in [1.54, 1.807) is 0 Å². The summed E-state index contributed by atoms with van der Waals surface area (Å²) in [7, 11) is 0. The molecule has 1 aromatic rings. The van der Waals surface area contributed by atoms with Crippen molar-refractivity contribution >= 4 is 11.6 Å². The first-order valence-electron chi connectivity index (χ1n) is 9.64. The van der Waals surface area contributed by atoms with Gasteiger partial charge < -0.3 is 19.6 Å². The van der Waals surface area contributed by atoms with Crippen molar-refractivity contribution in [2.24, 2.45) is 5.92 Å². The minimum atomic E-state index is -0.165. The predicted octanol–water partition coefficient (Wildman–Crippen LogP) is 2.29. The number of amides is 1. The molecule has 5 nitrogen and oxygen atoms in total. The number of piperidine rings is 1. The van der Waals surface area contributed by atoms with Crippen molar-refractivity contribution in [2.45, 2.75) is 44.3 Å². The Hall–Kier alpha value is -1.59. The molecule has 0 aromatic heterocycles. The van der Waals surface area contributed by atoms with Gasteiger partial charge in [0.15, 0.2) is 0 Å². The summed E-state index contributed by atoms with van der Waals surface area (Å²) >= 11 is 0. The molecule has 1 aromatic carbocycles. The number of hydrogen-bond donors (Lipinski definition) is 1. The van der Waals surface area contributed by atoms with Gasteiger partial charge in [0, 0.05) is 37.4 Å². The van der Waals surface area contributed by atoms with Crippen LogP contribution < -0.4 is 4.90 Å². The second-order valence-corrected chi connectivity index (χ2v) is 7.62. The van der Waals surface area contributed by atoms with Gasteiger partial charge >= 0.3 is 0 Å². The van der Waals surface area contributed by atoms with Crippen LogP contribution in [-0.2, 0) is 4.74 Å². The molecule has 1 N–H and O–H groups in total. The summed E-state index contributed by atoms with van der Waals surface area (Å²) in [6, 6.07) is 7.95. The average molecular weight is 344 g/mol. The summed E-state index contributed by atoms with van der Waals surface area (Å²) in [5.41, 5.74) is 1.90. The molecule has 1 unspecified atom stereocenters. The van der Waals surface area contributed by atoms with Gasteiger partial charge in [0.1, 0.15) is 0 Å². The second kappa shape index (κ2) is 7.34. The number of anilines is 1. The van der Waals surface area contributed by atoms with E-state index in [9.17, 15) is 9.90 Å². The van der Waals surface area contributed by atoms with Crippen LogP contribution >= 0.6 is 0 Å². The molecule has 1 atom stereocenters. The fourth-order valence-corrected chi connectivity index (χ4v) is 4.08. The van der Waals surface area contributed by atoms with Crippen molar-refractivity contribution in [3.63, 3.8) is 0 Å². The van der Waals surface area contributed by atoms with E-state index in [2.05, 4.69) is 4.90 Å². The van der Waals surface area contributed by atoms with Gasteiger partial charge in [0.2, 0.25) is 0 Å². The smallest absolute Gasteiger partial charge is 0.254 e. The summed E-state index contributed by atoms with van der Waals surface area (Å²) in [6.07, 6.45) is 5.48. The molecule has 2 aliphatic heterocycles. The minimum absolute atomic E-state index is 0.119. The van der Waals surface area contributed by atoms with Gasteiger partial charge in [-0.2, -0.15) is 0 Å². The third-order valence-electron chi connectivity index (χ3n) is 6.00. The first-order valence-corrected chi connectivity index (χ1v) is 9.64. The van der Waals surface area contributed by atoms with Crippen LogP contribution in [0.3, 0.4) is 0 Å². The van der Waals surface area contributed by atoms with Crippen molar-refractivity contribution in [1.29, 1.82) is 0 Å². The molecule has 1 aliphatic carbocycles. The maximum absolute atomic E-state index is 12.8. The van der Waals surface area contributed by atoms with Crippen LogP contribution in [0.15, 0.2) is 24.3 Å². The molecule has 3 fully saturated rings. The number of hydrogen-bond acceptors (Lipinski definition) is 4. The molecule has 25 heavy (non-hydrogen) atoms. The summed E-state index contributed by atoms with van der Waals surface area (Å²) in [6.45, 7) is 3.83. The van der Waals surface area contributed by atoms with Crippen LogP contribution in [0, 0.1) is 5.92 Å². The molecular weight excluding hydrogens is 316 g/mol. The van der Waals surface area contributed by atoms with Crippen LogP contribution in [0.5, 0.6) is 0 Å². The van der Waals surface area contributed by atoms with Crippen molar-refractivity contribution in [3.8, 4) is 0 Å². The Bertz CT molecular complexity index is 591. The molecule has 136 valence electrons. The molecule has 0 radical (unpaired) electrons. The summed E-state index contributed by atoms with van der Waals surface area (Å²) in [4.78, 5) is 17.1. The molecule has 0 spiro atoms. The molecule has 1 amide bonds. The van der Waals surface area contributed by atoms with Gasteiger partial charge in [-0.05, 0) is 55.9 Å². The first kappa shape index (κ1) is 16.9. The minimum Gasteiger partial charge on any atom is -0.393 e. The average Bonchev–Trinajstić information content (AvgIpc) is 2.61. The first-order chi connectivity index (χ1) is 12.2. The van der Waals surface area contributed by atoms with Crippen LogP contribution in [0.2, 0.25) is 0 Å². The highest BCUT2D eigenvalue weighted by molar-refractivity contribution is 5.94. The van der Waals surface area contributed by atoms with E-state index in [1.165, 1.54) is 19.3 Å². The largest absolute Gasteiger partial charge is 0.393 e. The van der Waals surface area contributed by atoms with Gasteiger partial charge in [-0.15, -0.1) is 0 Å². The van der Waals surface area contributed by atoms with E-state index in [0.717, 1.165) is 43.7 Å². The van der Waals surface area contributed by atoms with Gasteiger partial charge in [0.05, 0.1) is 18.8 Å². The summed E-state index contributed by atoms with van der Waals surface area (Å²) in [5.74, 6) is 0.765. The Kier molecular flexibility index (Phi) is 4.95. The zero-order chi connectivity index (χ0) is 17.2. The molecule has 2 heterocycles. The zero-order valence-electron chi connectivity index (χ0n) is 14.8. The highest BCUT2D eigenvalue weighted by Crippen LogP contribution is 2.33. The SMILES string of the molecule is O=C(c1ccc(N2CCC(O)CC2)cc1)N1CCOC(C2CCC2)C1. The second-order valence-electron chi connectivity index (χ2n) is 7.62. The van der Waals surface area contributed by atoms with Gasteiger partial charge in [0.25, 0.3) is 5.91 Å². The highest BCUT2D eigenvalue weighted by Gasteiger charge is 2.33. The fourth-order valence-electron chi connectivity index (χ4n) is 4.08.